The van der Waals surface area contributed by atoms with E-state index >= 15 is 0 Å². The minimum absolute atomic E-state index is 0.0639. The van der Waals surface area contributed by atoms with Crippen molar-refractivity contribution in [3.05, 3.63) is 51.7 Å². The number of pyridine rings is 1. The summed E-state index contributed by atoms with van der Waals surface area (Å²) >= 11 is 0. The number of aliphatic hydroxyl groups excluding tert-OH is 1. The van der Waals surface area contributed by atoms with Gasteiger partial charge < -0.3 is 14.6 Å². The van der Waals surface area contributed by atoms with Crippen LogP contribution in [-0.4, -0.2) is 22.1 Å². The molecule has 2 rings (SSSR count). The van der Waals surface area contributed by atoms with Gasteiger partial charge in [-0.3, -0.25) is 10.1 Å². The molecular formula is C14H14N2O5. The average Bonchev–Trinajstić information content (AvgIpc) is 2.49. The van der Waals surface area contributed by atoms with Gasteiger partial charge in [0.15, 0.2) is 11.5 Å². The molecule has 1 aromatic heterocycles. The van der Waals surface area contributed by atoms with Crippen molar-refractivity contribution < 1.29 is 19.5 Å². The molecule has 0 aliphatic heterocycles. The van der Waals surface area contributed by atoms with Crippen molar-refractivity contribution in [2.45, 2.75) is 13.5 Å². The third-order valence-electron chi connectivity index (χ3n) is 2.87. The molecule has 0 amide bonds. The van der Waals surface area contributed by atoms with Crippen molar-refractivity contribution in [1.29, 1.82) is 0 Å². The van der Waals surface area contributed by atoms with E-state index in [-0.39, 0.29) is 18.2 Å². The van der Waals surface area contributed by atoms with Crippen LogP contribution in [0.1, 0.15) is 11.1 Å². The quantitative estimate of drug-likeness (QED) is 0.671. The van der Waals surface area contributed by atoms with Crippen molar-refractivity contribution in [2.75, 3.05) is 7.11 Å². The lowest BCUT2D eigenvalue weighted by Crippen LogP contribution is -1.97. The highest BCUT2D eigenvalue weighted by molar-refractivity contribution is 5.46. The van der Waals surface area contributed by atoms with Gasteiger partial charge in [0.25, 0.3) is 5.69 Å². The second-order valence-corrected chi connectivity index (χ2v) is 4.31. The smallest absolute Gasteiger partial charge is 0.279 e. The maximum Gasteiger partial charge on any atom is 0.279 e. The minimum Gasteiger partial charge on any atom is -0.493 e. The lowest BCUT2D eigenvalue weighted by molar-refractivity contribution is -0.385. The van der Waals surface area contributed by atoms with Crippen LogP contribution in [0.5, 0.6) is 17.4 Å². The zero-order valence-corrected chi connectivity index (χ0v) is 11.6. The summed E-state index contributed by atoms with van der Waals surface area (Å²) in [5.74, 6) is 0.870. The Morgan fingerprint density at radius 1 is 1.33 bits per heavy atom. The number of aromatic nitrogens is 1. The summed E-state index contributed by atoms with van der Waals surface area (Å²) < 4.78 is 10.7. The highest BCUT2D eigenvalue weighted by Crippen LogP contribution is 2.33. The maximum absolute atomic E-state index is 10.9. The van der Waals surface area contributed by atoms with Gasteiger partial charge in [0.2, 0.25) is 5.88 Å². The number of ether oxygens (including phenoxy) is 2. The van der Waals surface area contributed by atoms with E-state index in [2.05, 4.69) is 4.98 Å². The molecule has 0 saturated heterocycles. The molecule has 1 N–H and O–H groups in total. The first-order valence-corrected chi connectivity index (χ1v) is 6.12. The number of methoxy groups -OCH3 is 1. The van der Waals surface area contributed by atoms with Gasteiger partial charge >= 0.3 is 0 Å². The van der Waals surface area contributed by atoms with Crippen molar-refractivity contribution in [3.8, 4) is 17.4 Å². The summed E-state index contributed by atoms with van der Waals surface area (Å²) in [5.41, 5.74) is 1.06. The van der Waals surface area contributed by atoms with Gasteiger partial charge in [-0.1, -0.05) is 6.07 Å². The zero-order chi connectivity index (χ0) is 15.4. The summed E-state index contributed by atoms with van der Waals surface area (Å²) in [7, 11) is 1.47. The Kier molecular flexibility index (Phi) is 4.34. The average molecular weight is 290 g/mol. The van der Waals surface area contributed by atoms with Gasteiger partial charge in [0, 0.05) is 11.8 Å². The van der Waals surface area contributed by atoms with E-state index in [9.17, 15) is 10.1 Å². The molecule has 1 heterocycles. The summed E-state index contributed by atoms with van der Waals surface area (Å²) in [6.45, 7) is 1.48. The normalized spacial score (nSPS) is 10.2. The Bertz CT molecular complexity index is 672. The van der Waals surface area contributed by atoms with Crippen LogP contribution >= 0.6 is 0 Å². The molecule has 21 heavy (non-hydrogen) atoms. The Labute approximate surface area is 120 Å². The molecule has 0 spiro atoms. The highest BCUT2D eigenvalue weighted by atomic mass is 16.6. The van der Waals surface area contributed by atoms with Gasteiger partial charge in [0.05, 0.1) is 24.7 Å². The number of rotatable bonds is 5. The second kappa shape index (κ2) is 6.19. The standard InChI is InChI=1S/C14H14N2O5/c1-9-7-15-14(6-11(9)16(18)19)21-12-4-3-10(8-17)5-13(12)20-2/h3-7,17H,8H2,1-2H3. The van der Waals surface area contributed by atoms with Crippen molar-refractivity contribution in [3.63, 3.8) is 0 Å². The first kappa shape index (κ1) is 14.7. The molecule has 0 aliphatic rings. The van der Waals surface area contributed by atoms with Crippen LogP contribution in [0.4, 0.5) is 5.69 Å². The van der Waals surface area contributed by atoms with Crippen molar-refractivity contribution in [1.82, 2.24) is 4.98 Å². The molecule has 0 fully saturated rings. The fraction of sp³-hybridized carbons (Fsp3) is 0.214. The Hall–Kier alpha value is -2.67. The molecule has 7 nitrogen and oxygen atoms in total. The Balaban J connectivity index is 2.34. The third-order valence-corrected chi connectivity index (χ3v) is 2.87. The number of aliphatic hydroxyl groups is 1. The van der Waals surface area contributed by atoms with Crippen LogP contribution in [0.3, 0.4) is 0 Å². The Morgan fingerprint density at radius 2 is 2.10 bits per heavy atom. The summed E-state index contributed by atoms with van der Waals surface area (Å²) in [6, 6.07) is 6.16. The van der Waals surface area contributed by atoms with Gasteiger partial charge in [-0.15, -0.1) is 0 Å². The molecule has 1 aromatic carbocycles. The van der Waals surface area contributed by atoms with Crippen LogP contribution in [0.2, 0.25) is 0 Å². The van der Waals surface area contributed by atoms with Crippen LogP contribution in [0.15, 0.2) is 30.5 Å². The van der Waals surface area contributed by atoms with E-state index in [1.165, 1.54) is 19.4 Å². The van der Waals surface area contributed by atoms with Crippen LogP contribution < -0.4 is 9.47 Å². The maximum atomic E-state index is 10.9. The van der Waals surface area contributed by atoms with Crippen LogP contribution in [0, 0.1) is 17.0 Å². The van der Waals surface area contributed by atoms with Gasteiger partial charge in [-0.05, 0) is 24.6 Å². The SMILES string of the molecule is COc1cc(CO)ccc1Oc1cc([N+](=O)[O-])c(C)cn1. The molecule has 0 aliphatic carbocycles. The molecule has 0 unspecified atom stereocenters. The van der Waals surface area contributed by atoms with Crippen LogP contribution in [0.25, 0.3) is 0 Å². The fourth-order valence-electron chi connectivity index (χ4n) is 1.75. The van der Waals surface area contributed by atoms with Crippen molar-refractivity contribution in [2.24, 2.45) is 0 Å². The molecule has 0 radical (unpaired) electrons. The first-order valence-electron chi connectivity index (χ1n) is 6.12. The number of hydrogen-bond donors (Lipinski definition) is 1. The molecule has 0 bridgehead atoms. The largest absolute Gasteiger partial charge is 0.493 e. The lowest BCUT2D eigenvalue weighted by atomic mass is 10.2. The number of benzene rings is 1. The third kappa shape index (κ3) is 3.26. The van der Waals surface area contributed by atoms with Crippen molar-refractivity contribution >= 4 is 5.69 Å². The van der Waals surface area contributed by atoms with E-state index < -0.39 is 4.92 Å². The monoisotopic (exact) mass is 290 g/mol. The minimum atomic E-state index is -0.490. The fourth-order valence-corrected chi connectivity index (χ4v) is 1.75. The molecule has 2 aromatic rings. The number of hydrogen-bond acceptors (Lipinski definition) is 6. The van der Waals surface area contributed by atoms with E-state index in [0.29, 0.717) is 22.6 Å². The van der Waals surface area contributed by atoms with Gasteiger partial charge in [0.1, 0.15) is 0 Å². The number of nitro groups is 1. The summed E-state index contributed by atoms with van der Waals surface area (Å²) in [5, 5.41) is 20.0. The summed E-state index contributed by atoms with van der Waals surface area (Å²) in [6.07, 6.45) is 1.38. The summed E-state index contributed by atoms with van der Waals surface area (Å²) in [4.78, 5) is 14.4. The second-order valence-electron chi connectivity index (χ2n) is 4.31. The van der Waals surface area contributed by atoms with Gasteiger partial charge in [-0.25, -0.2) is 4.98 Å². The van der Waals surface area contributed by atoms with E-state index in [4.69, 9.17) is 14.6 Å². The number of nitrogens with zero attached hydrogens (tertiary/aromatic N) is 2. The predicted molar refractivity (Wildman–Crippen MR) is 74.6 cm³/mol. The molecule has 0 atom stereocenters. The molecule has 0 saturated carbocycles. The van der Waals surface area contributed by atoms with Crippen LogP contribution in [-0.2, 0) is 6.61 Å². The van der Waals surface area contributed by atoms with E-state index in [1.54, 1.807) is 25.1 Å². The predicted octanol–water partition coefficient (Wildman–Crippen LogP) is 2.59. The highest BCUT2D eigenvalue weighted by Gasteiger charge is 2.14. The zero-order valence-electron chi connectivity index (χ0n) is 11.6. The van der Waals surface area contributed by atoms with E-state index in [1.807, 2.05) is 0 Å². The number of aryl methyl sites for hydroxylation is 1. The molecule has 110 valence electrons. The molecule has 7 heteroatoms. The first-order chi connectivity index (χ1) is 10.0. The van der Waals surface area contributed by atoms with E-state index in [0.717, 1.165) is 0 Å². The topological polar surface area (TPSA) is 94.7 Å². The Morgan fingerprint density at radius 3 is 2.71 bits per heavy atom. The molecular weight excluding hydrogens is 276 g/mol. The van der Waals surface area contributed by atoms with Gasteiger partial charge in [-0.2, -0.15) is 0 Å². The lowest BCUT2D eigenvalue weighted by Gasteiger charge is -2.10.